The van der Waals surface area contributed by atoms with Crippen molar-refractivity contribution in [1.29, 1.82) is 0 Å². The summed E-state index contributed by atoms with van der Waals surface area (Å²) in [5.74, 6) is 1.83. The number of nitrogens with one attached hydrogen (secondary N) is 2. The van der Waals surface area contributed by atoms with E-state index in [1.54, 1.807) is 23.5 Å². The molecule has 170 valence electrons. The first kappa shape index (κ1) is 21.6. The van der Waals surface area contributed by atoms with Crippen LogP contribution < -0.4 is 10.6 Å². The van der Waals surface area contributed by atoms with Crippen molar-refractivity contribution < 1.29 is 10.2 Å². The number of aromatic nitrogens is 3. The third-order valence-electron chi connectivity index (χ3n) is 6.17. The van der Waals surface area contributed by atoms with Gasteiger partial charge in [0, 0.05) is 24.8 Å². The fourth-order valence-corrected chi connectivity index (χ4v) is 5.46. The van der Waals surface area contributed by atoms with Crippen molar-refractivity contribution in [2.45, 2.75) is 38.8 Å². The fourth-order valence-electron chi connectivity index (χ4n) is 4.39. The highest BCUT2D eigenvalue weighted by atomic mass is 32.1. The van der Waals surface area contributed by atoms with Crippen LogP contribution in [0.15, 0.2) is 48.5 Å². The number of nitrogens with zero attached hydrogens (tertiary/aromatic N) is 3. The Morgan fingerprint density at radius 2 is 1.85 bits per heavy atom. The van der Waals surface area contributed by atoms with Gasteiger partial charge in [0.25, 0.3) is 0 Å². The summed E-state index contributed by atoms with van der Waals surface area (Å²) in [5, 5.41) is 27.4. The van der Waals surface area contributed by atoms with Gasteiger partial charge >= 0.3 is 0 Å². The van der Waals surface area contributed by atoms with Gasteiger partial charge in [-0.3, -0.25) is 0 Å². The first-order valence-corrected chi connectivity index (χ1v) is 12.0. The Balaban J connectivity index is 1.49. The summed E-state index contributed by atoms with van der Waals surface area (Å²) in [6, 6.07) is 15.6. The van der Waals surface area contributed by atoms with E-state index in [1.165, 1.54) is 0 Å². The van der Waals surface area contributed by atoms with Gasteiger partial charge < -0.3 is 20.8 Å². The van der Waals surface area contributed by atoms with E-state index in [2.05, 4.69) is 16.7 Å². The van der Waals surface area contributed by atoms with Crippen LogP contribution in [0.2, 0.25) is 0 Å². The third-order valence-corrected chi connectivity index (χ3v) is 7.22. The number of aryl methyl sites for hydroxylation is 1. The topological polar surface area (TPSA) is 103 Å². The SMILES string of the molecule is Cc1nc(NCc2ccccc2O)nc(NC2CCC(CO)C2)c1-c1nc2ccccc2s1. The molecular formula is C25H27N5O2S. The molecule has 0 saturated heterocycles. The number of hydrogen-bond donors (Lipinski definition) is 4. The van der Waals surface area contributed by atoms with Crippen LogP contribution in [0.5, 0.6) is 5.75 Å². The number of thiazole rings is 1. The van der Waals surface area contributed by atoms with Crippen LogP contribution in [0.4, 0.5) is 11.8 Å². The molecule has 7 nitrogen and oxygen atoms in total. The molecule has 2 aromatic heterocycles. The lowest BCUT2D eigenvalue weighted by Crippen LogP contribution is -2.19. The summed E-state index contributed by atoms with van der Waals surface area (Å²) in [6.07, 6.45) is 2.92. The summed E-state index contributed by atoms with van der Waals surface area (Å²) in [7, 11) is 0. The van der Waals surface area contributed by atoms with Crippen LogP contribution in [-0.4, -0.2) is 37.8 Å². The number of aliphatic hydroxyl groups excluding tert-OH is 1. The molecule has 0 aliphatic heterocycles. The van der Waals surface area contributed by atoms with Gasteiger partial charge in [0.2, 0.25) is 5.95 Å². The lowest BCUT2D eigenvalue weighted by Gasteiger charge is -2.18. The standard InChI is InChI=1S/C25H27N5O2S/c1-15-22(24-29-19-7-3-5-9-21(19)33-24)23(28-18-11-10-16(12-18)14-31)30-25(27-15)26-13-17-6-2-4-8-20(17)32/h2-9,16,18,31-32H,10-14H2,1H3,(H2,26,27,28,30). The number of aromatic hydroxyl groups is 1. The number of anilines is 2. The molecule has 1 aliphatic rings. The zero-order valence-corrected chi connectivity index (χ0v) is 19.3. The molecule has 0 spiro atoms. The number of rotatable bonds is 7. The molecule has 1 saturated carbocycles. The van der Waals surface area contributed by atoms with Crippen molar-refractivity contribution in [2.75, 3.05) is 17.2 Å². The Hall–Kier alpha value is -3.23. The number of benzene rings is 2. The predicted molar refractivity (Wildman–Crippen MR) is 133 cm³/mol. The second-order valence-corrected chi connectivity index (χ2v) is 9.56. The molecule has 0 radical (unpaired) electrons. The van der Waals surface area contributed by atoms with Gasteiger partial charge in [0.05, 0.1) is 21.5 Å². The van der Waals surface area contributed by atoms with Crippen LogP contribution in [0, 0.1) is 12.8 Å². The normalized spacial score (nSPS) is 18.0. The minimum atomic E-state index is 0.221. The van der Waals surface area contributed by atoms with E-state index in [-0.39, 0.29) is 18.4 Å². The average Bonchev–Trinajstić information content (AvgIpc) is 3.45. The highest BCUT2D eigenvalue weighted by Gasteiger charge is 2.26. The van der Waals surface area contributed by atoms with E-state index >= 15 is 0 Å². The largest absolute Gasteiger partial charge is 0.508 e. The summed E-state index contributed by atoms with van der Waals surface area (Å²) >= 11 is 1.64. The van der Waals surface area contributed by atoms with Crippen LogP contribution in [0.1, 0.15) is 30.5 Å². The molecule has 0 amide bonds. The predicted octanol–water partition coefficient (Wildman–Crippen LogP) is 4.95. The van der Waals surface area contributed by atoms with E-state index in [0.29, 0.717) is 18.4 Å². The molecule has 0 bridgehead atoms. The zero-order chi connectivity index (χ0) is 22.8. The second-order valence-electron chi connectivity index (χ2n) is 8.53. The Bertz CT molecular complexity index is 1240. The van der Waals surface area contributed by atoms with Gasteiger partial charge in [0.1, 0.15) is 16.6 Å². The average molecular weight is 462 g/mol. The van der Waals surface area contributed by atoms with Gasteiger partial charge in [-0.25, -0.2) is 9.97 Å². The van der Waals surface area contributed by atoms with Crippen LogP contribution in [0.25, 0.3) is 20.8 Å². The van der Waals surface area contributed by atoms with Crippen molar-refractivity contribution in [3.63, 3.8) is 0 Å². The summed E-state index contributed by atoms with van der Waals surface area (Å²) in [4.78, 5) is 14.4. The lowest BCUT2D eigenvalue weighted by molar-refractivity contribution is 0.229. The van der Waals surface area contributed by atoms with Gasteiger partial charge in [0.15, 0.2) is 0 Å². The molecular weight excluding hydrogens is 434 g/mol. The van der Waals surface area contributed by atoms with Crippen LogP contribution >= 0.6 is 11.3 Å². The Morgan fingerprint density at radius 1 is 1.03 bits per heavy atom. The number of phenolic OH excluding ortho intramolecular Hbond substituents is 1. The number of hydrogen-bond acceptors (Lipinski definition) is 8. The Morgan fingerprint density at radius 3 is 2.64 bits per heavy atom. The maximum Gasteiger partial charge on any atom is 0.225 e. The maximum atomic E-state index is 10.1. The summed E-state index contributed by atoms with van der Waals surface area (Å²) in [5.41, 5.74) is 3.50. The lowest BCUT2D eigenvalue weighted by atomic mass is 10.1. The van der Waals surface area contributed by atoms with E-state index < -0.39 is 0 Å². The van der Waals surface area contributed by atoms with Crippen molar-refractivity contribution >= 4 is 33.3 Å². The molecule has 2 aromatic carbocycles. The van der Waals surface area contributed by atoms with Gasteiger partial charge in [-0.2, -0.15) is 4.98 Å². The molecule has 4 aromatic rings. The number of para-hydroxylation sites is 2. The number of aliphatic hydroxyl groups is 1. The fraction of sp³-hybridized carbons (Fsp3) is 0.320. The minimum absolute atomic E-state index is 0.221. The molecule has 5 rings (SSSR count). The van der Waals surface area contributed by atoms with E-state index in [1.807, 2.05) is 37.3 Å². The molecule has 33 heavy (non-hydrogen) atoms. The zero-order valence-electron chi connectivity index (χ0n) is 18.5. The molecule has 4 N–H and O–H groups in total. The molecule has 2 heterocycles. The van der Waals surface area contributed by atoms with Gasteiger partial charge in [-0.05, 0) is 50.3 Å². The van der Waals surface area contributed by atoms with Crippen LogP contribution in [0.3, 0.4) is 0 Å². The summed E-state index contributed by atoms with van der Waals surface area (Å²) in [6.45, 7) is 2.62. The van der Waals surface area contributed by atoms with Gasteiger partial charge in [-0.15, -0.1) is 11.3 Å². The highest BCUT2D eigenvalue weighted by molar-refractivity contribution is 7.21. The molecule has 8 heteroatoms. The molecule has 1 aliphatic carbocycles. The molecule has 2 unspecified atom stereocenters. The van der Waals surface area contributed by atoms with Crippen molar-refractivity contribution in [3.05, 3.63) is 59.8 Å². The Kier molecular flexibility index (Phi) is 6.11. The number of fused-ring (bicyclic) bond motifs is 1. The monoisotopic (exact) mass is 461 g/mol. The van der Waals surface area contributed by atoms with E-state index in [0.717, 1.165) is 57.1 Å². The number of phenols is 1. The second kappa shape index (κ2) is 9.33. The van der Waals surface area contributed by atoms with Crippen LogP contribution in [-0.2, 0) is 6.54 Å². The first-order chi connectivity index (χ1) is 16.1. The van der Waals surface area contributed by atoms with E-state index in [4.69, 9.17) is 15.0 Å². The third kappa shape index (κ3) is 4.62. The minimum Gasteiger partial charge on any atom is -0.508 e. The van der Waals surface area contributed by atoms with Crippen molar-refractivity contribution in [1.82, 2.24) is 15.0 Å². The smallest absolute Gasteiger partial charge is 0.225 e. The van der Waals surface area contributed by atoms with Crippen molar-refractivity contribution in [2.24, 2.45) is 5.92 Å². The highest BCUT2D eigenvalue weighted by Crippen LogP contribution is 2.38. The Labute approximate surface area is 196 Å². The maximum absolute atomic E-state index is 10.1. The molecule has 2 atom stereocenters. The first-order valence-electron chi connectivity index (χ1n) is 11.2. The van der Waals surface area contributed by atoms with Crippen molar-refractivity contribution in [3.8, 4) is 16.3 Å². The summed E-state index contributed by atoms with van der Waals surface area (Å²) < 4.78 is 1.13. The van der Waals surface area contributed by atoms with Gasteiger partial charge in [-0.1, -0.05) is 30.3 Å². The quantitative estimate of drug-likeness (QED) is 0.309. The molecule has 1 fully saturated rings. The van der Waals surface area contributed by atoms with E-state index in [9.17, 15) is 10.2 Å².